The van der Waals surface area contributed by atoms with Crippen LogP contribution in [0.1, 0.15) is 12.8 Å². The minimum Gasteiger partial charge on any atom is -0.378 e. The van der Waals surface area contributed by atoms with Crippen molar-refractivity contribution in [2.45, 2.75) is 24.3 Å². The van der Waals surface area contributed by atoms with Gasteiger partial charge in [-0.05, 0) is 18.9 Å². The van der Waals surface area contributed by atoms with Gasteiger partial charge in [0.1, 0.15) is 12.3 Å². The predicted octanol–water partition coefficient (Wildman–Crippen LogP) is 0.896. The predicted molar refractivity (Wildman–Crippen MR) is 107 cm³/mol. The number of sulfone groups is 1. The fourth-order valence-corrected chi connectivity index (χ4v) is 5.41. The molecule has 4 rings (SSSR count). The van der Waals surface area contributed by atoms with E-state index in [1.54, 1.807) is 32.6 Å². The van der Waals surface area contributed by atoms with Gasteiger partial charge in [-0.2, -0.15) is 0 Å². The second-order valence-corrected chi connectivity index (χ2v) is 9.44. The summed E-state index contributed by atoms with van der Waals surface area (Å²) in [6.07, 6.45) is 3.32. The number of carbonyl (C=O) groups is 2. The summed E-state index contributed by atoms with van der Waals surface area (Å²) >= 11 is 0. The van der Waals surface area contributed by atoms with Crippen LogP contribution < -0.4 is 0 Å². The molecule has 0 N–H and O–H groups in total. The van der Waals surface area contributed by atoms with Crippen LogP contribution in [0.4, 0.5) is 0 Å². The van der Waals surface area contributed by atoms with Crippen molar-refractivity contribution in [3.05, 3.63) is 30.5 Å². The van der Waals surface area contributed by atoms with Crippen molar-refractivity contribution in [2.24, 2.45) is 0 Å². The van der Waals surface area contributed by atoms with Crippen molar-refractivity contribution in [1.82, 2.24) is 14.4 Å². The minimum atomic E-state index is -3.82. The Morgan fingerprint density at radius 1 is 0.931 bits per heavy atom. The van der Waals surface area contributed by atoms with Crippen molar-refractivity contribution in [3.8, 4) is 0 Å². The first-order valence-electron chi connectivity index (χ1n) is 9.90. The summed E-state index contributed by atoms with van der Waals surface area (Å²) < 4.78 is 33.0. The van der Waals surface area contributed by atoms with Crippen LogP contribution in [-0.4, -0.2) is 79.7 Å². The number of fused-ring (bicyclic) bond motifs is 1. The molecule has 0 radical (unpaired) electrons. The molecule has 2 aliphatic heterocycles. The first kappa shape index (κ1) is 19.9. The second-order valence-electron chi connectivity index (χ2n) is 7.48. The summed E-state index contributed by atoms with van der Waals surface area (Å²) in [5.74, 6) is -0.979. The number of amides is 2. The van der Waals surface area contributed by atoms with Gasteiger partial charge >= 0.3 is 0 Å². The Hall–Kier alpha value is -2.39. The van der Waals surface area contributed by atoms with Crippen molar-refractivity contribution in [2.75, 3.05) is 45.1 Å². The molecule has 3 heterocycles. The van der Waals surface area contributed by atoms with Crippen molar-refractivity contribution in [3.63, 3.8) is 0 Å². The zero-order chi connectivity index (χ0) is 20.4. The zero-order valence-corrected chi connectivity index (χ0v) is 17.1. The maximum atomic E-state index is 13.0. The number of likely N-dealkylation sites (tertiary alicyclic amines) is 1. The Morgan fingerprint density at radius 3 is 2.31 bits per heavy atom. The normalized spacial score (nSPS) is 17.8. The van der Waals surface area contributed by atoms with E-state index in [9.17, 15) is 18.0 Å². The lowest BCUT2D eigenvalue weighted by atomic mass is 10.2. The molecule has 0 spiro atoms. The van der Waals surface area contributed by atoms with Gasteiger partial charge in [0.25, 0.3) is 0 Å². The number of hydrogen-bond acceptors (Lipinski definition) is 5. The van der Waals surface area contributed by atoms with Crippen LogP contribution in [-0.2, 0) is 30.7 Å². The fourth-order valence-electron chi connectivity index (χ4n) is 3.95. The van der Waals surface area contributed by atoms with Gasteiger partial charge in [0.15, 0.2) is 9.84 Å². The molecule has 29 heavy (non-hydrogen) atoms. The average Bonchev–Trinajstić information content (AvgIpc) is 3.37. The van der Waals surface area contributed by atoms with Crippen LogP contribution in [0.5, 0.6) is 0 Å². The van der Waals surface area contributed by atoms with E-state index in [4.69, 9.17) is 4.74 Å². The summed E-state index contributed by atoms with van der Waals surface area (Å²) in [7, 11) is -3.82. The minimum absolute atomic E-state index is 0.0517. The summed E-state index contributed by atoms with van der Waals surface area (Å²) in [6.45, 7) is 3.37. The lowest BCUT2D eigenvalue weighted by molar-refractivity contribution is -0.135. The maximum Gasteiger partial charge on any atom is 0.242 e. The maximum absolute atomic E-state index is 13.0. The van der Waals surface area contributed by atoms with E-state index in [2.05, 4.69) is 0 Å². The Labute approximate surface area is 169 Å². The molecule has 1 aromatic heterocycles. The van der Waals surface area contributed by atoms with Crippen LogP contribution in [0.3, 0.4) is 0 Å². The highest BCUT2D eigenvalue weighted by Crippen LogP contribution is 2.27. The first-order valence-corrected chi connectivity index (χ1v) is 11.5. The smallest absolute Gasteiger partial charge is 0.242 e. The van der Waals surface area contributed by atoms with Gasteiger partial charge in [-0.1, -0.05) is 18.2 Å². The summed E-state index contributed by atoms with van der Waals surface area (Å²) in [5.41, 5.74) is 0.668. The van der Waals surface area contributed by atoms with E-state index in [0.717, 1.165) is 12.8 Å². The quantitative estimate of drug-likeness (QED) is 0.718. The molecule has 156 valence electrons. The number of hydrogen-bond donors (Lipinski definition) is 0. The van der Waals surface area contributed by atoms with Gasteiger partial charge in [0.2, 0.25) is 11.8 Å². The molecule has 0 bridgehead atoms. The van der Waals surface area contributed by atoms with Gasteiger partial charge < -0.3 is 19.1 Å². The number of rotatable bonds is 5. The topological polar surface area (TPSA) is 88.9 Å². The number of nitrogens with zero attached hydrogens (tertiary/aromatic N) is 3. The number of para-hydroxylation sites is 1. The molecule has 2 fully saturated rings. The van der Waals surface area contributed by atoms with E-state index in [1.807, 2.05) is 6.07 Å². The van der Waals surface area contributed by atoms with Crippen molar-refractivity contribution < 1.29 is 22.7 Å². The van der Waals surface area contributed by atoms with E-state index >= 15 is 0 Å². The number of aromatic nitrogens is 1. The Balaban J connectivity index is 1.61. The molecule has 0 unspecified atom stereocenters. The van der Waals surface area contributed by atoms with Crippen LogP contribution in [0.2, 0.25) is 0 Å². The van der Waals surface area contributed by atoms with Crippen molar-refractivity contribution in [1.29, 1.82) is 0 Å². The van der Waals surface area contributed by atoms with Gasteiger partial charge in [0.05, 0.1) is 18.1 Å². The SMILES string of the molecule is O=C(Cn1cc(S(=O)(=O)CC(=O)N2CCCC2)c2ccccc21)N1CCOCC1. The first-order chi connectivity index (χ1) is 14.0. The molecule has 0 saturated carbocycles. The van der Waals surface area contributed by atoms with Gasteiger partial charge in [-0.3, -0.25) is 9.59 Å². The number of carbonyl (C=O) groups excluding carboxylic acids is 2. The largest absolute Gasteiger partial charge is 0.378 e. The Bertz CT molecular complexity index is 1020. The summed E-state index contributed by atoms with van der Waals surface area (Å²) in [4.78, 5) is 28.5. The molecule has 2 aliphatic rings. The third kappa shape index (κ3) is 4.16. The molecule has 2 saturated heterocycles. The van der Waals surface area contributed by atoms with Crippen LogP contribution >= 0.6 is 0 Å². The monoisotopic (exact) mass is 419 g/mol. The summed E-state index contributed by atoms with van der Waals surface area (Å²) in [6, 6.07) is 7.09. The molecule has 0 atom stereocenters. The van der Waals surface area contributed by atoms with Crippen LogP contribution in [0.15, 0.2) is 35.4 Å². The highest BCUT2D eigenvalue weighted by molar-refractivity contribution is 7.92. The highest BCUT2D eigenvalue weighted by atomic mass is 32.2. The molecule has 1 aromatic carbocycles. The third-order valence-corrected chi connectivity index (χ3v) is 7.15. The summed E-state index contributed by atoms with van der Waals surface area (Å²) in [5, 5.41) is 0.538. The average molecular weight is 420 g/mol. The van der Waals surface area contributed by atoms with Crippen LogP contribution in [0.25, 0.3) is 10.9 Å². The fraction of sp³-hybridized carbons (Fsp3) is 0.500. The van der Waals surface area contributed by atoms with E-state index < -0.39 is 15.6 Å². The number of benzene rings is 1. The van der Waals surface area contributed by atoms with E-state index in [1.165, 1.54) is 6.20 Å². The standard InChI is InChI=1S/C20H25N3O5S/c24-19(22-9-11-28-12-10-22)14-23-13-18(16-5-1-2-6-17(16)23)29(26,27)15-20(25)21-7-3-4-8-21/h1-2,5-6,13H,3-4,7-12,14-15H2. The van der Waals surface area contributed by atoms with Gasteiger partial charge in [0, 0.05) is 43.3 Å². The second kappa shape index (κ2) is 8.16. The van der Waals surface area contributed by atoms with E-state index in [-0.39, 0.29) is 23.3 Å². The molecule has 8 nitrogen and oxygen atoms in total. The molecule has 0 aliphatic carbocycles. The number of morpholine rings is 1. The van der Waals surface area contributed by atoms with Crippen LogP contribution in [0, 0.1) is 0 Å². The van der Waals surface area contributed by atoms with Crippen molar-refractivity contribution >= 4 is 32.6 Å². The van der Waals surface area contributed by atoms with E-state index in [0.29, 0.717) is 50.3 Å². The third-order valence-electron chi connectivity index (χ3n) is 5.53. The Kier molecular flexibility index (Phi) is 5.60. The van der Waals surface area contributed by atoms with Gasteiger partial charge in [-0.25, -0.2) is 8.42 Å². The highest BCUT2D eigenvalue weighted by Gasteiger charge is 2.28. The Morgan fingerprint density at radius 2 is 1.59 bits per heavy atom. The zero-order valence-electron chi connectivity index (χ0n) is 16.2. The molecule has 9 heteroatoms. The molecule has 2 aromatic rings. The lowest BCUT2D eigenvalue weighted by Gasteiger charge is -2.27. The van der Waals surface area contributed by atoms with Gasteiger partial charge in [-0.15, -0.1) is 0 Å². The lowest BCUT2D eigenvalue weighted by Crippen LogP contribution is -2.42. The molecular weight excluding hydrogens is 394 g/mol. The number of ether oxygens (including phenoxy) is 1. The molecule has 2 amide bonds. The molecular formula is C20H25N3O5S.